The number of nitrogens with zero attached hydrogens (tertiary/aromatic N) is 1. The van der Waals surface area contributed by atoms with E-state index in [1.165, 1.54) is 22.4 Å². The van der Waals surface area contributed by atoms with Gasteiger partial charge in [-0.3, -0.25) is 4.48 Å². The molecule has 0 aromatic heterocycles. The molecule has 0 radical (unpaired) electrons. The van der Waals surface area contributed by atoms with Crippen molar-refractivity contribution in [3.8, 4) is 0 Å². The molecule has 0 N–H and O–H groups in total. The molecule has 0 amide bonds. The van der Waals surface area contributed by atoms with Gasteiger partial charge in [-0.05, 0) is 26.0 Å². The Bertz CT molecular complexity index is 524. The maximum Gasteiger partial charge on any atom is 0.132 e. The van der Waals surface area contributed by atoms with E-state index >= 15 is 0 Å². The van der Waals surface area contributed by atoms with Crippen LogP contribution in [0.2, 0.25) is 0 Å². The van der Waals surface area contributed by atoms with Crippen molar-refractivity contribution < 1.29 is 0 Å². The van der Waals surface area contributed by atoms with Crippen LogP contribution in [0, 0.1) is 13.8 Å². The fourth-order valence-electron chi connectivity index (χ4n) is 2.31. The average molecular weight is 240 g/mol. The van der Waals surface area contributed by atoms with Crippen molar-refractivity contribution in [3.05, 3.63) is 65.2 Å². The maximum atomic E-state index is 2.27. The van der Waals surface area contributed by atoms with Crippen molar-refractivity contribution in [3.63, 3.8) is 0 Å². The third kappa shape index (κ3) is 2.99. The molecule has 0 aliphatic heterocycles. The van der Waals surface area contributed by atoms with Crippen LogP contribution < -0.4 is 4.48 Å². The van der Waals surface area contributed by atoms with Crippen LogP contribution in [0.4, 0.5) is 5.69 Å². The van der Waals surface area contributed by atoms with E-state index in [2.05, 4.69) is 76.5 Å². The Hall–Kier alpha value is -1.60. The molecule has 0 aliphatic rings. The summed E-state index contributed by atoms with van der Waals surface area (Å²) in [5.74, 6) is 0. The zero-order valence-corrected chi connectivity index (χ0v) is 11.8. The lowest BCUT2D eigenvalue weighted by Gasteiger charge is -2.29. The molecule has 0 spiro atoms. The SMILES string of the molecule is Cc1ccc([N+](C)(C)Cc2cccc(C)c2)cc1. The lowest BCUT2D eigenvalue weighted by molar-refractivity contribution is 0.392. The van der Waals surface area contributed by atoms with Gasteiger partial charge in [-0.1, -0.05) is 47.5 Å². The topological polar surface area (TPSA) is 0 Å². The number of aryl methyl sites for hydroxylation is 2. The van der Waals surface area contributed by atoms with Crippen molar-refractivity contribution in [2.24, 2.45) is 0 Å². The minimum atomic E-state index is 0.879. The molecule has 1 heteroatoms. The molecule has 0 heterocycles. The molecule has 1 nitrogen and oxygen atoms in total. The molecule has 18 heavy (non-hydrogen) atoms. The van der Waals surface area contributed by atoms with Crippen LogP contribution in [0.15, 0.2) is 48.5 Å². The van der Waals surface area contributed by atoms with E-state index in [-0.39, 0.29) is 0 Å². The Morgan fingerprint density at radius 1 is 0.833 bits per heavy atom. The molecule has 0 saturated heterocycles. The van der Waals surface area contributed by atoms with Gasteiger partial charge in [0.25, 0.3) is 0 Å². The molecular weight excluding hydrogens is 218 g/mol. The first kappa shape index (κ1) is 12.8. The highest BCUT2D eigenvalue weighted by Crippen LogP contribution is 2.22. The van der Waals surface area contributed by atoms with Gasteiger partial charge in [-0.15, -0.1) is 0 Å². The van der Waals surface area contributed by atoms with Crippen molar-refractivity contribution in [1.82, 2.24) is 4.48 Å². The van der Waals surface area contributed by atoms with E-state index in [1.807, 2.05) is 0 Å². The largest absolute Gasteiger partial charge is 0.292 e. The van der Waals surface area contributed by atoms with Gasteiger partial charge >= 0.3 is 0 Å². The van der Waals surface area contributed by atoms with Gasteiger partial charge in [0.2, 0.25) is 0 Å². The predicted octanol–water partition coefficient (Wildman–Crippen LogP) is 4.07. The summed E-state index contributed by atoms with van der Waals surface area (Å²) in [7, 11) is 4.51. The first-order chi connectivity index (χ1) is 8.47. The number of hydrogen-bond donors (Lipinski definition) is 0. The molecule has 0 unspecified atom stereocenters. The first-order valence-electron chi connectivity index (χ1n) is 6.43. The summed E-state index contributed by atoms with van der Waals surface area (Å²) in [6.07, 6.45) is 0. The van der Waals surface area contributed by atoms with E-state index in [9.17, 15) is 0 Å². The van der Waals surface area contributed by atoms with Crippen molar-refractivity contribution >= 4 is 5.69 Å². The minimum absolute atomic E-state index is 0.879. The third-order valence-electron chi connectivity index (χ3n) is 3.39. The predicted molar refractivity (Wildman–Crippen MR) is 79.7 cm³/mol. The zero-order chi connectivity index (χ0) is 13.2. The molecule has 0 bridgehead atoms. The fraction of sp³-hybridized carbons (Fsp3) is 0.294. The maximum absolute atomic E-state index is 2.27. The summed E-state index contributed by atoms with van der Waals surface area (Å²) in [5.41, 5.74) is 5.38. The van der Waals surface area contributed by atoms with Gasteiger partial charge in [0.05, 0.1) is 14.1 Å². The van der Waals surface area contributed by atoms with Gasteiger partial charge in [0, 0.05) is 5.56 Å². The number of quaternary nitrogens is 1. The van der Waals surface area contributed by atoms with Crippen molar-refractivity contribution in [1.29, 1.82) is 0 Å². The van der Waals surface area contributed by atoms with Crippen molar-refractivity contribution in [2.75, 3.05) is 14.1 Å². The number of benzene rings is 2. The Kier molecular flexibility index (Phi) is 3.53. The van der Waals surface area contributed by atoms with Gasteiger partial charge in [-0.2, -0.15) is 0 Å². The number of hydrogen-bond acceptors (Lipinski definition) is 0. The van der Waals surface area contributed by atoms with Gasteiger partial charge in [-0.25, -0.2) is 0 Å². The Balaban J connectivity index is 2.23. The summed E-state index contributed by atoms with van der Waals surface area (Å²) in [5, 5.41) is 0. The highest BCUT2D eigenvalue weighted by molar-refractivity contribution is 5.43. The van der Waals surface area contributed by atoms with Crippen LogP contribution >= 0.6 is 0 Å². The molecule has 94 valence electrons. The standard InChI is InChI=1S/C17H22N/c1-14-8-10-17(11-9-14)18(3,4)13-16-7-5-6-15(2)12-16/h5-12H,13H2,1-4H3/q+1. The molecule has 0 fully saturated rings. The zero-order valence-electron chi connectivity index (χ0n) is 11.8. The lowest BCUT2D eigenvalue weighted by Crippen LogP contribution is -2.39. The van der Waals surface area contributed by atoms with E-state index < -0.39 is 0 Å². The van der Waals surface area contributed by atoms with Crippen LogP contribution in [-0.4, -0.2) is 14.1 Å². The van der Waals surface area contributed by atoms with Crippen LogP contribution in [0.3, 0.4) is 0 Å². The van der Waals surface area contributed by atoms with Gasteiger partial charge in [0.15, 0.2) is 0 Å². The molecule has 2 aromatic carbocycles. The lowest BCUT2D eigenvalue weighted by atomic mass is 10.1. The van der Waals surface area contributed by atoms with Crippen LogP contribution in [0.1, 0.15) is 16.7 Å². The Morgan fingerprint density at radius 3 is 2.11 bits per heavy atom. The van der Waals surface area contributed by atoms with E-state index in [0.29, 0.717) is 0 Å². The molecule has 0 atom stereocenters. The van der Waals surface area contributed by atoms with E-state index in [4.69, 9.17) is 0 Å². The van der Waals surface area contributed by atoms with Gasteiger partial charge < -0.3 is 0 Å². The number of rotatable bonds is 3. The molecule has 0 saturated carbocycles. The third-order valence-corrected chi connectivity index (χ3v) is 3.39. The van der Waals surface area contributed by atoms with E-state index in [1.54, 1.807) is 0 Å². The van der Waals surface area contributed by atoms with Crippen LogP contribution in [-0.2, 0) is 6.54 Å². The van der Waals surface area contributed by atoms with E-state index in [0.717, 1.165) is 11.0 Å². The summed E-state index contributed by atoms with van der Waals surface area (Å²) in [4.78, 5) is 0. The molecular formula is C17H22N+. The van der Waals surface area contributed by atoms with Gasteiger partial charge in [0.1, 0.15) is 12.2 Å². The Labute approximate surface area is 110 Å². The summed E-state index contributed by atoms with van der Waals surface area (Å²) < 4.78 is 0.879. The second-order valence-corrected chi connectivity index (χ2v) is 5.67. The fourth-order valence-corrected chi connectivity index (χ4v) is 2.31. The first-order valence-corrected chi connectivity index (χ1v) is 6.43. The summed E-state index contributed by atoms with van der Waals surface area (Å²) >= 11 is 0. The smallest absolute Gasteiger partial charge is 0.132 e. The average Bonchev–Trinajstić information content (AvgIpc) is 2.29. The van der Waals surface area contributed by atoms with Crippen LogP contribution in [0.25, 0.3) is 0 Å². The van der Waals surface area contributed by atoms with Crippen LogP contribution in [0.5, 0.6) is 0 Å². The molecule has 2 rings (SSSR count). The minimum Gasteiger partial charge on any atom is -0.292 e. The quantitative estimate of drug-likeness (QED) is 0.709. The second-order valence-electron chi connectivity index (χ2n) is 5.67. The Morgan fingerprint density at radius 2 is 1.50 bits per heavy atom. The highest BCUT2D eigenvalue weighted by Gasteiger charge is 2.19. The summed E-state index contributed by atoms with van der Waals surface area (Å²) in [6.45, 7) is 5.30. The normalized spacial score (nSPS) is 11.6. The molecule has 2 aromatic rings. The molecule has 0 aliphatic carbocycles. The highest BCUT2D eigenvalue weighted by atomic mass is 15.3. The van der Waals surface area contributed by atoms with Crippen molar-refractivity contribution in [2.45, 2.75) is 20.4 Å². The monoisotopic (exact) mass is 240 g/mol. The second kappa shape index (κ2) is 4.95. The summed E-state index contributed by atoms with van der Waals surface area (Å²) in [6, 6.07) is 17.6.